The molecule has 0 saturated carbocycles. The van der Waals surface area contributed by atoms with E-state index in [9.17, 15) is 4.39 Å². The van der Waals surface area contributed by atoms with Gasteiger partial charge in [-0.25, -0.2) is 9.37 Å². The molecular formula is C24H17FN4O. The van der Waals surface area contributed by atoms with Gasteiger partial charge in [-0.2, -0.15) is 0 Å². The maximum Gasteiger partial charge on any atom is 0.170 e. The number of oxime groups is 1. The van der Waals surface area contributed by atoms with E-state index in [1.165, 1.54) is 12.1 Å². The fourth-order valence-corrected chi connectivity index (χ4v) is 2.98. The standard InChI is InChI=1S/C24H17FN4O/c25-19-10-12-20(13-11-19)27-23-15-17(21-6-1-2-7-22(21)28-23)9-8-16-4-3-5-18(14-16)24(26)29-30/h1-7,10-15,30H,(H2,26,29)(H,27,28). The number of para-hydroxylation sites is 1. The van der Waals surface area contributed by atoms with Crippen molar-refractivity contribution in [3.63, 3.8) is 0 Å². The van der Waals surface area contributed by atoms with Crippen LogP contribution in [-0.4, -0.2) is 16.0 Å². The quantitative estimate of drug-likeness (QED) is 0.155. The second-order valence-corrected chi connectivity index (χ2v) is 6.52. The number of hydrogen-bond acceptors (Lipinski definition) is 4. The second-order valence-electron chi connectivity index (χ2n) is 6.52. The molecule has 0 aliphatic rings. The topological polar surface area (TPSA) is 83.5 Å². The minimum absolute atomic E-state index is 0.0267. The minimum Gasteiger partial charge on any atom is -0.409 e. The maximum atomic E-state index is 13.2. The number of fused-ring (bicyclic) bond motifs is 1. The van der Waals surface area contributed by atoms with Gasteiger partial charge in [0.1, 0.15) is 11.6 Å². The Kier molecular flexibility index (Phi) is 5.27. The molecule has 0 unspecified atom stereocenters. The van der Waals surface area contributed by atoms with E-state index in [2.05, 4.69) is 27.3 Å². The maximum absolute atomic E-state index is 13.2. The molecule has 4 rings (SSSR count). The van der Waals surface area contributed by atoms with E-state index in [0.717, 1.165) is 27.7 Å². The molecule has 3 aromatic carbocycles. The van der Waals surface area contributed by atoms with Crippen LogP contribution < -0.4 is 11.1 Å². The highest BCUT2D eigenvalue weighted by Crippen LogP contribution is 2.23. The molecule has 0 aliphatic heterocycles. The average molecular weight is 396 g/mol. The van der Waals surface area contributed by atoms with Crippen LogP contribution in [0.1, 0.15) is 16.7 Å². The largest absolute Gasteiger partial charge is 0.409 e. The number of anilines is 2. The van der Waals surface area contributed by atoms with E-state index in [0.29, 0.717) is 11.4 Å². The Hall–Kier alpha value is -4.37. The lowest BCUT2D eigenvalue weighted by molar-refractivity contribution is 0.318. The summed E-state index contributed by atoms with van der Waals surface area (Å²) < 4.78 is 13.2. The highest BCUT2D eigenvalue weighted by molar-refractivity contribution is 5.97. The molecule has 1 heterocycles. The summed E-state index contributed by atoms with van der Waals surface area (Å²) in [5.74, 6) is 6.65. The number of pyridine rings is 1. The summed E-state index contributed by atoms with van der Waals surface area (Å²) >= 11 is 0. The minimum atomic E-state index is -0.298. The van der Waals surface area contributed by atoms with Crippen LogP contribution in [0.15, 0.2) is 84.0 Å². The first-order valence-corrected chi connectivity index (χ1v) is 9.15. The number of nitrogens with zero attached hydrogens (tertiary/aromatic N) is 2. The average Bonchev–Trinajstić information content (AvgIpc) is 2.78. The predicted molar refractivity (Wildman–Crippen MR) is 116 cm³/mol. The summed E-state index contributed by atoms with van der Waals surface area (Å²) in [6.45, 7) is 0. The van der Waals surface area contributed by atoms with Crippen LogP contribution in [0.5, 0.6) is 0 Å². The first-order chi connectivity index (χ1) is 14.6. The van der Waals surface area contributed by atoms with Gasteiger partial charge in [0.05, 0.1) is 5.52 Å². The molecular weight excluding hydrogens is 379 g/mol. The number of amidine groups is 1. The Morgan fingerprint density at radius 1 is 0.967 bits per heavy atom. The zero-order valence-electron chi connectivity index (χ0n) is 15.8. The third-order valence-corrected chi connectivity index (χ3v) is 4.44. The Balaban J connectivity index is 1.74. The molecule has 146 valence electrons. The van der Waals surface area contributed by atoms with Crippen LogP contribution in [0.4, 0.5) is 15.9 Å². The number of aromatic nitrogens is 1. The number of nitrogens with two attached hydrogens (primary N) is 1. The van der Waals surface area contributed by atoms with Crippen molar-refractivity contribution in [2.75, 3.05) is 5.32 Å². The smallest absolute Gasteiger partial charge is 0.170 e. The van der Waals surface area contributed by atoms with E-state index >= 15 is 0 Å². The normalized spacial score (nSPS) is 11.0. The molecule has 0 atom stereocenters. The molecule has 4 aromatic rings. The van der Waals surface area contributed by atoms with Gasteiger partial charge in [0.15, 0.2) is 5.84 Å². The van der Waals surface area contributed by atoms with Crippen LogP contribution in [0, 0.1) is 17.7 Å². The number of rotatable bonds is 3. The van der Waals surface area contributed by atoms with Gasteiger partial charge >= 0.3 is 0 Å². The van der Waals surface area contributed by atoms with Crippen molar-refractivity contribution >= 4 is 28.2 Å². The lowest BCUT2D eigenvalue weighted by Gasteiger charge is -2.08. The van der Waals surface area contributed by atoms with Gasteiger partial charge in [-0.15, -0.1) is 0 Å². The van der Waals surface area contributed by atoms with Gasteiger partial charge in [0.2, 0.25) is 0 Å². The molecule has 6 heteroatoms. The van der Waals surface area contributed by atoms with Crippen molar-refractivity contribution in [2.45, 2.75) is 0 Å². The molecule has 0 saturated heterocycles. The van der Waals surface area contributed by atoms with Gasteiger partial charge < -0.3 is 16.3 Å². The van der Waals surface area contributed by atoms with Gasteiger partial charge in [-0.1, -0.05) is 47.3 Å². The highest BCUT2D eigenvalue weighted by Gasteiger charge is 2.05. The number of halogens is 1. The van der Waals surface area contributed by atoms with Crippen molar-refractivity contribution in [1.82, 2.24) is 4.98 Å². The van der Waals surface area contributed by atoms with Crippen molar-refractivity contribution in [3.05, 3.63) is 101 Å². The van der Waals surface area contributed by atoms with Crippen molar-refractivity contribution in [3.8, 4) is 11.8 Å². The van der Waals surface area contributed by atoms with Crippen LogP contribution in [0.25, 0.3) is 10.9 Å². The van der Waals surface area contributed by atoms with Crippen molar-refractivity contribution < 1.29 is 9.60 Å². The monoisotopic (exact) mass is 396 g/mol. The Bertz CT molecular complexity index is 1300. The molecule has 0 amide bonds. The SMILES string of the molecule is NC(=NO)c1cccc(C#Cc2cc(Nc3ccc(F)cc3)nc3ccccc23)c1. The van der Waals surface area contributed by atoms with Gasteiger partial charge in [-0.05, 0) is 48.5 Å². The first kappa shape index (κ1) is 19.0. The van der Waals surface area contributed by atoms with Crippen LogP contribution in [0.2, 0.25) is 0 Å². The molecule has 5 nitrogen and oxygen atoms in total. The molecule has 0 fully saturated rings. The summed E-state index contributed by atoms with van der Waals surface area (Å²) in [5.41, 5.74) is 9.28. The van der Waals surface area contributed by atoms with Gasteiger partial charge in [0.25, 0.3) is 0 Å². The summed E-state index contributed by atoms with van der Waals surface area (Å²) in [6, 6.07) is 22.8. The molecule has 4 N–H and O–H groups in total. The van der Waals surface area contributed by atoms with Crippen LogP contribution in [-0.2, 0) is 0 Å². The summed E-state index contributed by atoms with van der Waals surface area (Å²) in [5, 5.41) is 16.0. The second kappa shape index (κ2) is 8.33. The molecule has 30 heavy (non-hydrogen) atoms. The highest BCUT2D eigenvalue weighted by atomic mass is 19.1. The third-order valence-electron chi connectivity index (χ3n) is 4.44. The van der Waals surface area contributed by atoms with Gasteiger partial charge in [-0.3, -0.25) is 0 Å². The predicted octanol–water partition coefficient (Wildman–Crippen LogP) is 4.61. The van der Waals surface area contributed by atoms with E-state index in [-0.39, 0.29) is 11.7 Å². The molecule has 0 bridgehead atoms. The van der Waals surface area contributed by atoms with Gasteiger partial charge in [0, 0.05) is 27.8 Å². The summed E-state index contributed by atoms with van der Waals surface area (Å²) in [7, 11) is 0. The van der Waals surface area contributed by atoms with E-state index in [1.54, 1.807) is 30.3 Å². The Labute approximate surface area is 172 Å². The first-order valence-electron chi connectivity index (χ1n) is 9.15. The van der Waals surface area contributed by atoms with Crippen molar-refractivity contribution in [2.24, 2.45) is 10.9 Å². The number of hydrogen-bond donors (Lipinski definition) is 3. The van der Waals surface area contributed by atoms with Crippen LogP contribution in [0.3, 0.4) is 0 Å². The number of benzene rings is 3. The fourth-order valence-electron chi connectivity index (χ4n) is 2.98. The number of nitrogens with one attached hydrogen (secondary N) is 1. The Morgan fingerprint density at radius 2 is 1.77 bits per heavy atom. The van der Waals surface area contributed by atoms with Crippen molar-refractivity contribution in [1.29, 1.82) is 0 Å². The zero-order chi connectivity index (χ0) is 20.9. The third kappa shape index (κ3) is 4.21. The molecule has 1 aromatic heterocycles. The van der Waals surface area contributed by atoms with E-state index in [1.807, 2.05) is 36.4 Å². The Morgan fingerprint density at radius 3 is 2.57 bits per heavy atom. The lowest BCUT2D eigenvalue weighted by Crippen LogP contribution is -2.12. The summed E-state index contributed by atoms with van der Waals surface area (Å²) in [6.07, 6.45) is 0. The summed E-state index contributed by atoms with van der Waals surface area (Å²) in [4.78, 5) is 4.62. The lowest BCUT2D eigenvalue weighted by atomic mass is 10.1. The zero-order valence-corrected chi connectivity index (χ0v) is 15.8. The van der Waals surface area contributed by atoms with E-state index in [4.69, 9.17) is 10.9 Å². The fraction of sp³-hybridized carbons (Fsp3) is 0. The molecule has 0 radical (unpaired) electrons. The van der Waals surface area contributed by atoms with Crippen LogP contribution >= 0.6 is 0 Å². The molecule has 0 aliphatic carbocycles. The molecule has 0 spiro atoms. The van der Waals surface area contributed by atoms with E-state index < -0.39 is 0 Å².